The van der Waals surface area contributed by atoms with Crippen LogP contribution in [0, 0.1) is 11.3 Å². The number of H-pyrrole nitrogens is 1. The van der Waals surface area contributed by atoms with Crippen LogP contribution in [0.1, 0.15) is 5.56 Å². The minimum atomic E-state index is -0.0599. The first-order chi connectivity index (χ1) is 20.2. The zero-order valence-electron chi connectivity index (χ0n) is 22.0. The van der Waals surface area contributed by atoms with E-state index in [-0.39, 0.29) is 5.75 Å². The number of nitrogens with one attached hydrogen (secondary N) is 1. The number of benzene rings is 4. The third kappa shape index (κ3) is 3.81. The number of aromatic nitrogens is 4. The number of para-hydroxylation sites is 3. The number of hydrogen-bond acceptors (Lipinski definition) is 5. The Morgan fingerprint density at radius 1 is 0.829 bits per heavy atom. The number of pyridine rings is 1. The highest BCUT2D eigenvalue weighted by Crippen LogP contribution is 2.47. The van der Waals surface area contributed by atoms with E-state index in [2.05, 4.69) is 11.1 Å². The van der Waals surface area contributed by atoms with Gasteiger partial charge in [0.1, 0.15) is 11.8 Å². The Bertz CT molecular complexity index is 2110. The van der Waals surface area contributed by atoms with Crippen molar-refractivity contribution in [2.24, 2.45) is 0 Å². The van der Waals surface area contributed by atoms with Crippen LogP contribution in [0.5, 0.6) is 11.5 Å². The molecule has 0 aliphatic rings. The molecule has 0 fully saturated rings. The molecule has 7 aromatic rings. The first-order valence-corrected chi connectivity index (χ1v) is 13.1. The maximum atomic E-state index is 11.4. The van der Waals surface area contributed by atoms with E-state index in [9.17, 15) is 10.4 Å². The third-order valence-electron chi connectivity index (χ3n) is 7.31. The summed E-state index contributed by atoms with van der Waals surface area (Å²) in [6, 6.07) is 35.1. The van der Waals surface area contributed by atoms with Gasteiger partial charge in [-0.05, 0) is 24.3 Å². The molecule has 2 N–H and O–H groups in total. The minimum absolute atomic E-state index is 0.0599. The molecule has 41 heavy (non-hydrogen) atoms. The lowest BCUT2D eigenvalue weighted by atomic mass is 9.91. The van der Waals surface area contributed by atoms with Gasteiger partial charge in [0.05, 0.1) is 29.4 Å². The van der Waals surface area contributed by atoms with Gasteiger partial charge in [0.15, 0.2) is 17.1 Å². The SMILES string of the molecule is COc1cccc(-c2c(C#N)c(-c3ccccc3)nc3c2c(-c2c[nH]c4ccccc24)nn3-c2ccccc2)c1O. The van der Waals surface area contributed by atoms with Crippen molar-refractivity contribution < 1.29 is 9.84 Å². The summed E-state index contributed by atoms with van der Waals surface area (Å²) in [5, 5.41) is 28.9. The third-order valence-corrected chi connectivity index (χ3v) is 7.31. The van der Waals surface area contributed by atoms with Crippen molar-refractivity contribution in [1.29, 1.82) is 5.26 Å². The second kappa shape index (κ2) is 9.70. The fourth-order valence-corrected chi connectivity index (χ4v) is 5.42. The largest absolute Gasteiger partial charge is 0.504 e. The fraction of sp³-hybridized carbons (Fsp3) is 0.0294. The van der Waals surface area contributed by atoms with E-state index < -0.39 is 0 Å². The van der Waals surface area contributed by atoms with Crippen molar-refractivity contribution in [2.75, 3.05) is 7.11 Å². The van der Waals surface area contributed by atoms with Crippen LogP contribution >= 0.6 is 0 Å². The lowest BCUT2D eigenvalue weighted by Crippen LogP contribution is -2.01. The predicted octanol–water partition coefficient (Wildman–Crippen LogP) is 7.49. The molecule has 0 aliphatic carbocycles. The molecule has 4 aromatic carbocycles. The molecule has 0 aliphatic heterocycles. The summed E-state index contributed by atoms with van der Waals surface area (Å²) in [6.07, 6.45) is 1.92. The number of ether oxygens (including phenoxy) is 1. The highest BCUT2D eigenvalue weighted by Gasteiger charge is 2.28. The van der Waals surface area contributed by atoms with Crippen LogP contribution in [-0.2, 0) is 0 Å². The maximum absolute atomic E-state index is 11.4. The van der Waals surface area contributed by atoms with Gasteiger partial charge in [-0.1, -0.05) is 78.9 Å². The molecule has 3 aromatic heterocycles. The number of phenols is 1. The van der Waals surface area contributed by atoms with Gasteiger partial charge in [0.2, 0.25) is 0 Å². The molecule has 0 radical (unpaired) electrons. The van der Waals surface area contributed by atoms with Crippen molar-refractivity contribution in [2.45, 2.75) is 0 Å². The summed E-state index contributed by atoms with van der Waals surface area (Å²) >= 11 is 0. The molecule has 0 bridgehead atoms. The number of aromatic hydroxyl groups is 1. The molecule has 7 rings (SSSR count). The van der Waals surface area contributed by atoms with Crippen molar-refractivity contribution in [3.63, 3.8) is 0 Å². The normalized spacial score (nSPS) is 11.1. The number of nitriles is 1. The second-order valence-electron chi connectivity index (χ2n) is 9.59. The molecule has 0 saturated heterocycles. The average molecular weight is 534 g/mol. The van der Waals surface area contributed by atoms with Crippen LogP contribution in [0.3, 0.4) is 0 Å². The Morgan fingerprint density at radius 3 is 2.32 bits per heavy atom. The van der Waals surface area contributed by atoms with E-state index in [1.807, 2.05) is 91.1 Å². The van der Waals surface area contributed by atoms with Crippen LogP contribution in [0.15, 0.2) is 109 Å². The van der Waals surface area contributed by atoms with Gasteiger partial charge in [-0.2, -0.15) is 10.4 Å². The van der Waals surface area contributed by atoms with Crippen LogP contribution in [0.25, 0.3) is 61.3 Å². The number of rotatable bonds is 5. The molecular weight excluding hydrogens is 510 g/mol. The topological polar surface area (TPSA) is 99.8 Å². The first kappa shape index (κ1) is 24.2. The summed E-state index contributed by atoms with van der Waals surface area (Å²) in [6.45, 7) is 0. The van der Waals surface area contributed by atoms with Gasteiger partial charge in [-0.25, -0.2) is 9.67 Å². The fourth-order valence-electron chi connectivity index (χ4n) is 5.42. The zero-order valence-corrected chi connectivity index (χ0v) is 22.0. The number of phenolic OH excluding ortho intramolecular Hbond substituents is 1. The molecule has 0 spiro atoms. The summed E-state index contributed by atoms with van der Waals surface area (Å²) < 4.78 is 7.27. The van der Waals surface area contributed by atoms with Crippen LogP contribution in [0.2, 0.25) is 0 Å². The quantitative estimate of drug-likeness (QED) is 0.239. The molecular formula is C34H23N5O2. The van der Waals surface area contributed by atoms with Crippen molar-refractivity contribution in [3.05, 3.63) is 115 Å². The molecule has 0 unspecified atom stereocenters. The van der Waals surface area contributed by atoms with Gasteiger partial charge >= 0.3 is 0 Å². The van der Waals surface area contributed by atoms with Crippen LogP contribution in [0.4, 0.5) is 0 Å². The number of methoxy groups -OCH3 is 1. The van der Waals surface area contributed by atoms with Gasteiger partial charge in [-0.15, -0.1) is 0 Å². The minimum Gasteiger partial charge on any atom is -0.504 e. The Labute approximate surface area is 235 Å². The molecule has 0 atom stereocenters. The maximum Gasteiger partial charge on any atom is 0.165 e. The van der Waals surface area contributed by atoms with Gasteiger partial charge in [0.25, 0.3) is 0 Å². The molecule has 196 valence electrons. The first-order valence-electron chi connectivity index (χ1n) is 13.1. The number of fused-ring (bicyclic) bond motifs is 2. The van der Waals surface area contributed by atoms with Crippen LogP contribution in [-0.4, -0.2) is 32.0 Å². The van der Waals surface area contributed by atoms with Gasteiger partial charge in [0, 0.05) is 39.4 Å². The molecule has 3 heterocycles. The van der Waals surface area contributed by atoms with Gasteiger partial charge < -0.3 is 14.8 Å². The monoisotopic (exact) mass is 533 g/mol. The second-order valence-corrected chi connectivity index (χ2v) is 9.59. The summed E-state index contributed by atoms with van der Waals surface area (Å²) in [7, 11) is 1.51. The summed E-state index contributed by atoms with van der Waals surface area (Å²) in [5.74, 6) is 0.247. The molecule has 0 saturated carbocycles. The number of hydrogen-bond donors (Lipinski definition) is 2. The van der Waals surface area contributed by atoms with E-state index >= 15 is 0 Å². The Kier molecular flexibility index (Phi) is 5.73. The Balaban J connectivity index is 1.71. The Hall–Kier alpha value is -5.87. The zero-order chi connectivity index (χ0) is 27.9. The van der Waals surface area contributed by atoms with Crippen molar-refractivity contribution >= 4 is 21.9 Å². The van der Waals surface area contributed by atoms with Crippen molar-refractivity contribution in [3.8, 4) is 56.9 Å². The van der Waals surface area contributed by atoms with Crippen molar-refractivity contribution in [1.82, 2.24) is 19.7 Å². The summed E-state index contributed by atoms with van der Waals surface area (Å²) in [5.41, 5.74) is 6.46. The van der Waals surface area contributed by atoms with E-state index in [4.69, 9.17) is 14.8 Å². The number of aromatic amines is 1. The summed E-state index contributed by atoms with van der Waals surface area (Å²) in [4.78, 5) is 8.47. The number of nitrogens with zero attached hydrogens (tertiary/aromatic N) is 4. The van der Waals surface area contributed by atoms with E-state index in [0.717, 1.165) is 27.7 Å². The van der Waals surface area contributed by atoms with E-state index in [1.54, 1.807) is 22.9 Å². The Morgan fingerprint density at radius 2 is 1.56 bits per heavy atom. The molecule has 7 heteroatoms. The highest BCUT2D eigenvalue weighted by atomic mass is 16.5. The lowest BCUT2D eigenvalue weighted by Gasteiger charge is -2.15. The van der Waals surface area contributed by atoms with E-state index in [0.29, 0.717) is 44.9 Å². The van der Waals surface area contributed by atoms with E-state index in [1.165, 1.54) is 7.11 Å². The average Bonchev–Trinajstić information content (AvgIpc) is 3.63. The standard InChI is InChI=1S/C34H23N5O2/c1-41-28-18-10-16-24(33(28)40)29-25(19-35)31(21-11-4-2-5-12-21)37-34-30(29)32(38-39(34)22-13-6-3-7-14-22)26-20-36-27-17-9-8-15-23(26)27/h2-18,20,36,40H,1H3. The molecule has 7 nitrogen and oxygen atoms in total. The van der Waals surface area contributed by atoms with Gasteiger partial charge in [-0.3, -0.25) is 0 Å². The smallest absolute Gasteiger partial charge is 0.165 e. The van der Waals surface area contributed by atoms with Crippen LogP contribution < -0.4 is 4.74 Å². The predicted molar refractivity (Wildman–Crippen MR) is 160 cm³/mol. The highest BCUT2D eigenvalue weighted by molar-refractivity contribution is 6.11. The lowest BCUT2D eigenvalue weighted by molar-refractivity contribution is 0.374. The molecule has 0 amide bonds.